The minimum atomic E-state index is -1.40. The Kier molecular flexibility index (Phi) is 6.72. The van der Waals surface area contributed by atoms with Crippen molar-refractivity contribution in [1.29, 1.82) is 0 Å². The quantitative estimate of drug-likeness (QED) is 0.498. The maximum Gasteiger partial charge on any atom is 0.254 e. The lowest BCUT2D eigenvalue weighted by Crippen LogP contribution is -2.48. The lowest BCUT2D eigenvalue weighted by atomic mass is 10.1. The van der Waals surface area contributed by atoms with Crippen molar-refractivity contribution in [2.75, 3.05) is 33.4 Å². The van der Waals surface area contributed by atoms with Crippen molar-refractivity contribution in [2.45, 2.75) is 11.3 Å². The molecule has 0 amide bonds. The Morgan fingerprint density at radius 2 is 2.32 bits per heavy atom. The molecule has 0 aromatic carbocycles. The van der Waals surface area contributed by atoms with Gasteiger partial charge in [0.1, 0.15) is 5.76 Å². The number of hydrogen-bond acceptors (Lipinski definition) is 7. The zero-order valence-corrected chi connectivity index (χ0v) is 13.8. The third-order valence-corrected chi connectivity index (χ3v) is 4.65. The molecule has 1 rings (SSSR count). The van der Waals surface area contributed by atoms with Crippen LogP contribution in [0.3, 0.4) is 0 Å². The van der Waals surface area contributed by atoms with Crippen LogP contribution in [0.25, 0.3) is 0 Å². The SMILES string of the molecule is CN(C)CCC(NC(=C[N+](=O)[O-])CN)(c1ccco1)S(C)=O. The molecule has 0 aliphatic heterocycles. The molecular weight excluding hydrogens is 308 g/mol. The van der Waals surface area contributed by atoms with Crippen molar-refractivity contribution in [3.63, 3.8) is 0 Å². The van der Waals surface area contributed by atoms with Crippen LogP contribution in [0.15, 0.2) is 34.7 Å². The fourth-order valence-corrected chi connectivity index (χ4v) is 3.07. The summed E-state index contributed by atoms with van der Waals surface area (Å²) in [4.78, 5) is 11.0. The van der Waals surface area contributed by atoms with Gasteiger partial charge in [-0.25, -0.2) is 0 Å². The minimum absolute atomic E-state index is 0.0669. The number of nitrogens with two attached hydrogens (primary N) is 1. The second kappa shape index (κ2) is 8.06. The number of nitrogens with one attached hydrogen (secondary N) is 1. The van der Waals surface area contributed by atoms with Crippen molar-refractivity contribution in [3.8, 4) is 0 Å². The van der Waals surface area contributed by atoms with Gasteiger partial charge in [0, 0.05) is 25.8 Å². The molecule has 1 aromatic heterocycles. The van der Waals surface area contributed by atoms with Crippen molar-refractivity contribution in [1.82, 2.24) is 10.2 Å². The lowest BCUT2D eigenvalue weighted by Gasteiger charge is -2.33. The van der Waals surface area contributed by atoms with Gasteiger partial charge in [-0.1, -0.05) is 0 Å². The normalized spacial score (nSPS) is 16.3. The first kappa shape index (κ1) is 18.3. The zero-order chi connectivity index (χ0) is 16.8. The van der Waals surface area contributed by atoms with Crippen LogP contribution in [0.5, 0.6) is 0 Å². The summed E-state index contributed by atoms with van der Waals surface area (Å²) in [7, 11) is 2.39. The summed E-state index contributed by atoms with van der Waals surface area (Å²) in [6.07, 6.45) is 4.24. The first-order chi connectivity index (χ1) is 10.3. The van der Waals surface area contributed by atoms with Gasteiger partial charge in [0.25, 0.3) is 6.20 Å². The molecule has 0 radical (unpaired) electrons. The van der Waals surface area contributed by atoms with Gasteiger partial charge in [-0.15, -0.1) is 0 Å². The van der Waals surface area contributed by atoms with E-state index in [1.54, 1.807) is 12.1 Å². The first-order valence-corrected chi connectivity index (χ1v) is 8.22. The van der Waals surface area contributed by atoms with Crippen LogP contribution in [0, 0.1) is 10.1 Å². The van der Waals surface area contributed by atoms with Gasteiger partial charge in [-0.05, 0) is 26.2 Å². The van der Waals surface area contributed by atoms with E-state index in [1.165, 1.54) is 12.5 Å². The van der Waals surface area contributed by atoms with Gasteiger partial charge in [0.05, 0.1) is 27.7 Å². The number of nitrogens with zero attached hydrogens (tertiary/aromatic N) is 2. The molecule has 0 fully saturated rings. The molecule has 9 heteroatoms. The molecule has 0 aliphatic carbocycles. The molecule has 1 aromatic rings. The molecule has 0 bridgehead atoms. The Morgan fingerprint density at radius 3 is 2.73 bits per heavy atom. The Hall–Kier alpha value is -1.71. The topological polar surface area (TPSA) is 115 Å². The molecular formula is C13H22N4O4S. The summed E-state index contributed by atoms with van der Waals surface area (Å²) in [5, 5.41) is 13.7. The van der Waals surface area contributed by atoms with Crippen LogP contribution < -0.4 is 11.1 Å². The van der Waals surface area contributed by atoms with Gasteiger partial charge in [0.2, 0.25) is 0 Å². The minimum Gasteiger partial charge on any atom is -0.466 e. The molecule has 22 heavy (non-hydrogen) atoms. The molecule has 8 nitrogen and oxygen atoms in total. The standard InChI is InChI=1S/C13H22N4O4S/c1-16(2)7-6-13(22(3)20,12-5-4-8-21-12)15-11(9-14)10-17(18)19/h4-5,8,10,15H,6-7,9,14H2,1-3H3. The summed E-state index contributed by atoms with van der Waals surface area (Å²) >= 11 is 0. The summed E-state index contributed by atoms with van der Waals surface area (Å²) in [6.45, 7) is 0.548. The van der Waals surface area contributed by atoms with E-state index in [4.69, 9.17) is 10.2 Å². The van der Waals surface area contributed by atoms with Gasteiger partial charge in [0.15, 0.2) is 4.87 Å². The van der Waals surface area contributed by atoms with E-state index in [0.717, 1.165) is 6.20 Å². The van der Waals surface area contributed by atoms with Gasteiger partial charge in [-0.2, -0.15) is 0 Å². The van der Waals surface area contributed by atoms with Crippen molar-refractivity contribution < 1.29 is 13.5 Å². The van der Waals surface area contributed by atoms with Crippen LogP contribution in [0.1, 0.15) is 12.2 Å². The van der Waals surface area contributed by atoms with Crippen molar-refractivity contribution in [3.05, 3.63) is 46.2 Å². The highest BCUT2D eigenvalue weighted by molar-refractivity contribution is 7.85. The average molecular weight is 330 g/mol. The number of furan rings is 1. The predicted octanol–water partition coefficient (Wildman–Crippen LogP) is 0.429. The highest BCUT2D eigenvalue weighted by Crippen LogP contribution is 2.30. The molecule has 3 N–H and O–H groups in total. The summed E-state index contributed by atoms with van der Waals surface area (Å²) in [5.41, 5.74) is 5.75. The highest BCUT2D eigenvalue weighted by Gasteiger charge is 2.40. The maximum absolute atomic E-state index is 12.4. The van der Waals surface area contributed by atoms with Gasteiger partial charge in [-0.3, -0.25) is 14.3 Å². The smallest absolute Gasteiger partial charge is 0.254 e. The average Bonchev–Trinajstić information content (AvgIpc) is 2.95. The first-order valence-electron chi connectivity index (χ1n) is 6.66. The predicted molar refractivity (Wildman–Crippen MR) is 84.9 cm³/mol. The Balaban J connectivity index is 3.24. The maximum atomic E-state index is 12.4. The molecule has 2 unspecified atom stereocenters. The second-order valence-electron chi connectivity index (χ2n) is 5.08. The third-order valence-electron chi connectivity index (χ3n) is 3.16. The largest absolute Gasteiger partial charge is 0.466 e. The summed E-state index contributed by atoms with van der Waals surface area (Å²) in [6, 6.07) is 3.39. The monoisotopic (exact) mass is 330 g/mol. The molecule has 0 aliphatic rings. The fraction of sp³-hybridized carbons (Fsp3) is 0.538. The number of hydrogen-bond donors (Lipinski definition) is 2. The van der Waals surface area contributed by atoms with Crippen LogP contribution in [-0.2, 0) is 15.7 Å². The Labute approximate surface area is 131 Å². The van der Waals surface area contributed by atoms with E-state index < -0.39 is 20.6 Å². The van der Waals surface area contributed by atoms with Crippen LogP contribution in [-0.4, -0.2) is 47.5 Å². The Bertz CT molecular complexity index is 544. The van der Waals surface area contributed by atoms with E-state index >= 15 is 0 Å². The highest BCUT2D eigenvalue weighted by atomic mass is 32.2. The molecule has 124 valence electrons. The van der Waals surface area contributed by atoms with E-state index in [9.17, 15) is 14.3 Å². The van der Waals surface area contributed by atoms with Gasteiger partial charge < -0.3 is 20.4 Å². The molecule has 1 heterocycles. The van der Waals surface area contributed by atoms with E-state index in [-0.39, 0.29) is 12.2 Å². The van der Waals surface area contributed by atoms with Crippen LogP contribution >= 0.6 is 0 Å². The summed E-state index contributed by atoms with van der Waals surface area (Å²) < 4.78 is 17.9. The molecule has 0 saturated heterocycles. The van der Waals surface area contributed by atoms with Crippen molar-refractivity contribution in [2.24, 2.45) is 5.73 Å². The van der Waals surface area contributed by atoms with E-state index in [1.807, 2.05) is 19.0 Å². The second-order valence-corrected chi connectivity index (χ2v) is 6.69. The third kappa shape index (κ3) is 4.65. The Morgan fingerprint density at radius 1 is 1.64 bits per heavy atom. The van der Waals surface area contributed by atoms with E-state index in [0.29, 0.717) is 18.7 Å². The number of rotatable bonds is 9. The fourth-order valence-electron chi connectivity index (χ4n) is 2.02. The summed E-state index contributed by atoms with van der Waals surface area (Å²) in [5.74, 6) is 0.456. The molecule has 0 spiro atoms. The zero-order valence-electron chi connectivity index (χ0n) is 12.9. The molecule has 0 saturated carbocycles. The number of nitro groups is 1. The van der Waals surface area contributed by atoms with Gasteiger partial charge >= 0.3 is 0 Å². The van der Waals surface area contributed by atoms with Crippen LogP contribution in [0.4, 0.5) is 0 Å². The van der Waals surface area contributed by atoms with E-state index in [2.05, 4.69) is 5.32 Å². The lowest BCUT2D eigenvalue weighted by molar-refractivity contribution is -0.403. The van der Waals surface area contributed by atoms with Crippen molar-refractivity contribution >= 4 is 10.8 Å². The van der Waals surface area contributed by atoms with Crippen LogP contribution in [0.2, 0.25) is 0 Å². The molecule has 2 atom stereocenters.